The van der Waals surface area contributed by atoms with Crippen LogP contribution in [0.2, 0.25) is 0 Å². The molecular formula is C7H8O4S2. The van der Waals surface area contributed by atoms with Gasteiger partial charge in [0.2, 0.25) is 0 Å². The second-order valence-corrected chi connectivity index (χ2v) is 6.40. The van der Waals surface area contributed by atoms with E-state index >= 15 is 0 Å². The van der Waals surface area contributed by atoms with Crippen LogP contribution >= 0.6 is 23.5 Å². The zero-order valence-electron chi connectivity index (χ0n) is 7.03. The van der Waals surface area contributed by atoms with Crippen LogP contribution < -0.4 is 0 Å². The molecule has 4 nitrogen and oxygen atoms in total. The molecule has 0 fully saturated rings. The first-order valence-corrected chi connectivity index (χ1v) is 5.05. The van der Waals surface area contributed by atoms with E-state index in [1.807, 2.05) is 0 Å². The van der Waals surface area contributed by atoms with Crippen LogP contribution in [0.5, 0.6) is 0 Å². The summed E-state index contributed by atoms with van der Waals surface area (Å²) in [6, 6.07) is 0. The monoisotopic (exact) mass is 220 g/mol. The Hall–Kier alpha value is -0.620. The number of aliphatic carboxylic acids is 2. The molecule has 72 valence electrons. The highest BCUT2D eigenvalue weighted by Crippen LogP contribution is 2.53. The zero-order chi connectivity index (χ0) is 10.2. The fourth-order valence-electron chi connectivity index (χ4n) is 0.887. The summed E-state index contributed by atoms with van der Waals surface area (Å²) in [5, 5.41) is 17.4. The minimum Gasteiger partial charge on any atom is -0.477 e. The quantitative estimate of drug-likeness (QED) is 0.736. The molecule has 0 amide bonds. The van der Waals surface area contributed by atoms with Crippen LogP contribution in [0.3, 0.4) is 0 Å². The standard InChI is InChI=1S/C7H8O4S2/c1-7(2)12-3(5(8)9)4(13-7)6(10)11/h1-2H3,(H,8,9)(H,10,11). The van der Waals surface area contributed by atoms with Gasteiger partial charge in [0.15, 0.2) is 0 Å². The molecule has 2 N–H and O–H groups in total. The summed E-state index contributed by atoms with van der Waals surface area (Å²) in [7, 11) is 0. The molecule has 0 bridgehead atoms. The molecule has 1 aliphatic rings. The average molecular weight is 220 g/mol. The van der Waals surface area contributed by atoms with Gasteiger partial charge in [0.05, 0.1) is 4.08 Å². The molecule has 0 aromatic carbocycles. The van der Waals surface area contributed by atoms with Gasteiger partial charge in [-0.05, 0) is 13.8 Å². The van der Waals surface area contributed by atoms with E-state index in [4.69, 9.17) is 10.2 Å². The summed E-state index contributed by atoms with van der Waals surface area (Å²) in [5.74, 6) is -2.33. The van der Waals surface area contributed by atoms with Crippen molar-refractivity contribution in [3.63, 3.8) is 0 Å². The Morgan fingerprint density at radius 1 is 1.08 bits per heavy atom. The van der Waals surface area contributed by atoms with Gasteiger partial charge in [-0.2, -0.15) is 0 Å². The van der Waals surface area contributed by atoms with Gasteiger partial charge in [-0.3, -0.25) is 0 Å². The van der Waals surface area contributed by atoms with Crippen molar-refractivity contribution in [3.05, 3.63) is 9.81 Å². The van der Waals surface area contributed by atoms with Crippen LogP contribution in [-0.4, -0.2) is 26.2 Å². The van der Waals surface area contributed by atoms with Crippen molar-refractivity contribution in [1.29, 1.82) is 0 Å². The normalized spacial score (nSPS) is 20.5. The van der Waals surface area contributed by atoms with Crippen molar-refractivity contribution in [2.45, 2.75) is 17.9 Å². The smallest absolute Gasteiger partial charge is 0.343 e. The third kappa shape index (κ3) is 2.19. The Kier molecular flexibility index (Phi) is 2.63. The van der Waals surface area contributed by atoms with Gasteiger partial charge in [-0.15, -0.1) is 0 Å². The van der Waals surface area contributed by atoms with Crippen molar-refractivity contribution in [1.82, 2.24) is 0 Å². The minimum atomic E-state index is -1.17. The van der Waals surface area contributed by atoms with Crippen molar-refractivity contribution in [2.24, 2.45) is 0 Å². The van der Waals surface area contributed by atoms with Crippen molar-refractivity contribution >= 4 is 35.5 Å². The lowest BCUT2D eigenvalue weighted by atomic mass is 10.5. The minimum absolute atomic E-state index is 0.0671. The first-order valence-electron chi connectivity index (χ1n) is 3.42. The van der Waals surface area contributed by atoms with Gasteiger partial charge in [-0.1, -0.05) is 23.5 Å². The second-order valence-electron chi connectivity index (χ2n) is 2.87. The summed E-state index contributed by atoms with van der Waals surface area (Å²) in [6.45, 7) is 3.59. The Morgan fingerprint density at radius 3 is 1.62 bits per heavy atom. The fraction of sp³-hybridized carbons (Fsp3) is 0.429. The molecule has 0 radical (unpaired) electrons. The Balaban J connectivity index is 3.04. The van der Waals surface area contributed by atoms with Gasteiger partial charge < -0.3 is 10.2 Å². The van der Waals surface area contributed by atoms with E-state index in [0.29, 0.717) is 0 Å². The van der Waals surface area contributed by atoms with Crippen LogP contribution in [-0.2, 0) is 9.59 Å². The third-order valence-corrected chi connectivity index (χ3v) is 4.07. The highest BCUT2D eigenvalue weighted by atomic mass is 32.2. The molecule has 1 heterocycles. The summed E-state index contributed by atoms with van der Waals surface area (Å²) >= 11 is 2.15. The topological polar surface area (TPSA) is 74.6 Å². The van der Waals surface area contributed by atoms with Crippen molar-refractivity contribution < 1.29 is 19.8 Å². The number of carboxylic acids is 2. The first-order chi connectivity index (χ1) is 5.83. The summed E-state index contributed by atoms with van der Waals surface area (Å²) in [6.07, 6.45) is 0. The number of hydrogen-bond donors (Lipinski definition) is 2. The van der Waals surface area contributed by atoms with E-state index in [2.05, 4.69) is 0 Å². The number of carbonyl (C=O) groups is 2. The molecule has 0 unspecified atom stereocenters. The van der Waals surface area contributed by atoms with E-state index in [0.717, 1.165) is 23.5 Å². The summed E-state index contributed by atoms with van der Waals surface area (Å²) in [5.41, 5.74) is 0. The fourth-order valence-corrected chi connectivity index (χ4v) is 3.32. The Bertz CT molecular complexity index is 278. The zero-order valence-corrected chi connectivity index (χ0v) is 8.66. The molecule has 0 aromatic heterocycles. The maximum Gasteiger partial charge on any atom is 0.343 e. The van der Waals surface area contributed by atoms with Crippen LogP contribution in [0, 0.1) is 0 Å². The SMILES string of the molecule is CC1(C)SC(C(=O)O)=C(C(=O)O)S1. The van der Waals surface area contributed by atoms with Crippen LogP contribution in [0.25, 0.3) is 0 Å². The van der Waals surface area contributed by atoms with E-state index < -0.39 is 16.0 Å². The highest BCUT2D eigenvalue weighted by molar-refractivity contribution is 8.25. The van der Waals surface area contributed by atoms with Crippen LogP contribution in [0.15, 0.2) is 9.81 Å². The number of carboxylic acid groups (broad SMARTS) is 2. The van der Waals surface area contributed by atoms with Crippen molar-refractivity contribution in [2.75, 3.05) is 0 Å². The van der Waals surface area contributed by atoms with Crippen molar-refractivity contribution in [3.8, 4) is 0 Å². The van der Waals surface area contributed by atoms with E-state index in [1.54, 1.807) is 13.8 Å². The highest BCUT2D eigenvalue weighted by Gasteiger charge is 2.38. The molecule has 0 aliphatic carbocycles. The lowest BCUT2D eigenvalue weighted by Gasteiger charge is -2.13. The summed E-state index contributed by atoms with van der Waals surface area (Å²) in [4.78, 5) is 21.2. The molecular weight excluding hydrogens is 212 g/mol. The second kappa shape index (κ2) is 3.26. The molecule has 1 rings (SSSR count). The van der Waals surface area contributed by atoms with E-state index in [-0.39, 0.29) is 9.81 Å². The maximum atomic E-state index is 10.6. The number of hydrogen-bond acceptors (Lipinski definition) is 4. The number of thioether (sulfide) groups is 2. The molecule has 0 saturated carbocycles. The third-order valence-electron chi connectivity index (χ3n) is 1.29. The first kappa shape index (κ1) is 10.5. The Morgan fingerprint density at radius 2 is 1.38 bits per heavy atom. The predicted octanol–water partition coefficient (Wildman–Crippen LogP) is 1.58. The van der Waals surface area contributed by atoms with Gasteiger partial charge in [0, 0.05) is 0 Å². The van der Waals surface area contributed by atoms with E-state index in [1.165, 1.54) is 0 Å². The van der Waals surface area contributed by atoms with Gasteiger partial charge in [0.1, 0.15) is 9.81 Å². The largest absolute Gasteiger partial charge is 0.477 e. The van der Waals surface area contributed by atoms with Crippen LogP contribution in [0.4, 0.5) is 0 Å². The number of rotatable bonds is 2. The lowest BCUT2D eigenvalue weighted by molar-refractivity contribution is -0.134. The molecule has 1 aliphatic heterocycles. The maximum absolute atomic E-state index is 10.6. The molecule has 0 aromatic rings. The predicted molar refractivity (Wildman–Crippen MR) is 51.6 cm³/mol. The van der Waals surface area contributed by atoms with Crippen LogP contribution in [0.1, 0.15) is 13.8 Å². The average Bonchev–Trinajstić information content (AvgIpc) is 2.26. The Labute approximate surface area is 83.4 Å². The van der Waals surface area contributed by atoms with Gasteiger partial charge in [-0.25, -0.2) is 9.59 Å². The molecule has 13 heavy (non-hydrogen) atoms. The summed E-state index contributed by atoms with van der Waals surface area (Å²) < 4.78 is -0.401. The lowest BCUT2D eigenvalue weighted by Crippen LogP contribution is -2.05. The van der Waals surface area contributed by atoms with Gasteiger partial charge >= 0.3 is 11.9 Å². The molecule has 0 saturated heterocycles. The van der Waals surface area contributed by atoms with E-state index in [9.17, 15) is 9.59 Å². The molecule has 6 heteroatoms. The molecule has 0 atom stereocenters. The molecule has 0 spiro atoms. The van der Waals surface area contributed by atoms with Gasteiger partial charge in [0.25, 0.3) is 0 Å².